The Morgan fingerprint density at radius 3 is 2.83 bits per heavy atom. The first-order chi connectivity index (χ1) is 8.63. The highest BCUT2D eigenvalue weighted by Crippen LogP contribution is 2.11. The van der Waals surface area contributed by atoms with Crippen molar-refractivity contribution in [2.75, 3.05) is 26.2 Å². The van der Waals surface area contributed by atoms with Crippen molar-refractivity contribution in [1.82, 2.24) is 10.2 Å². The summed E-state index contributed by atoms with van der Waals surface area (Å²) in [5.74, 6) is 1.17. The second kappa shape index (κ2) is 7.56. The van der Waals surface area contributed by atoms with Gasteiger partial charge in [-0.15, -0.1) is 6.42 Å². The number of carbonyl (C=O) groups excluding carboxylic acids is 1. The maximum Gasteiger partial charge on any atom is 0.323 e. The van der Waals surface area contributed by atoms with Gasteiger partial charge in [0.15, 0.2) is 0 Å². The van der Waals surface area contributed by atoms with Gasteiger partial charge < -0.3 is 20.1 Å². The van der Waals surface area contributed by atoms with Crippen LogP contribution in [0.15, 0.2) is 0 Å². The van der Waals surface area contributed by atoms with E-state index in [1.54, 1.807) is 0 Å². The molecule has 0 bridgehead atoms. The van der Waals surface area contributed by atoms with E-state index in [2.05, 4.69) is 11.2 Å². The van der Waals surface area contributed by atoms with E-state index in [9.17, 15) is 9.59 Å². The Morgan fingerprint density at radius 1 is 1.50 bits per heavy atom. The number of hydrogen-bond acceptors (Lipinski definition) is 3. The average Bonchev–Trinajstić information content (AvgIpc) is 2.36. The van der Waals surface area contributed by atoms with Crippen molar-refractivity contribution in [1.29, 1.82) is 0 Å². The number of hydrogen-bond donors (Lipinski definition) is 2. The summed E-state index contributed by atoms with van der Waals surface area (Å²) in [5.41, 5.74) is 0. The van der Waals surface area contributed by atoms with Crippen molar-refractivity contribution in [2.24, 2.45) is 0 Å². The van der Waals surface area contributed by atoms with Gasteiger partial charge in [0.2, 0.25) is 0 Å². The van der Waals surface area contributed by atoms with Crippen LogP contribution in [0.2, 0.25) is 0 Å². The molecule has 1 unspecified atom stereocenters. The molecule has 2 amide bonds. The monoisotopic (exact) mass is 254 g/mol. The first kappa shape index (κ1) is 14.3. The normalized spacial score (nSPS) is 18.7. The fraction of sp³-hybridized carbons (Fsp3) is 0.667. The lowest BCUT2D eigenvalue weighted by molar-refractivity contribution is -0.137. The number of terminal acetylenes is 1. The quantitative estimate of drug-likeness (QED) is 0.691. The lowest BCUT2D eigenvalue weighted by atomic mass is 10.1. The van der Waals surface area contributed by atoms with Crippen LogP contribution in [0.25, 0.3) is 0 Å². The topological polar surface area (TPSA) is 78.9 Å². The summed E-state index contributed by atoms with van der Waals surface area (Å²) in [6, 6.07) is -0.468. The number of aliphatic carboxylic acids is 1. The molecule has 6 nitrogen and oxygen atoms in total. The number of carbonyl (C=O) groups is 2. The van der Waals surface area contributed by atoms with E-state index in [0.717, 1.165) is 24.2 Å². The number of amides is 2. The van der Waals surface area contributed by atoms with E-state index in [1.165, 1.54) is 0 Å². The van der Waals surface area contributed by atoms with Gasteiger partial charge in [-0.2, -0.15) is 0 Å². The largest absolute Gasteiger partial charge is 0.480 e. The fourth-order valence-corrected chi connectivity index (χ4v) is 1.75. The van der Waals surface area contributed by atoms with Crippen LogP contribution >= 0.6 is 0 Å². The molecule has 0 aromatic heterocycles. The zero-order chi connectivity index (χ0) is 13.4. The molecule has 0 aromatic carbocycles. The molecule has 100 valence electrons. The third-order valence-electron chi connectivity index (χ3n) is 2.65. The number of carboxylic acids is 1. The summed E-state index contributed by atoms with van der Waals surface area (Å²) in [7, 11) is 0. The van der Waals surface area contributed by atoms with Gasteiger partial charge in [0, 0.05) is 13.2 Å². The standard InChI is InChI=1S/C12H18N2O4/c1-2-6-14(9-11(15)16)12(17)13-8-10-5-3-4-7-18-10/h1,10H,3-9H2,(H,13,17)(H,15,16). The number of ether oxygens (including phenoxy) is 1. The second-order valence-corrected chi connectivity index (χ2v) is 4.13. The Kier molecular flexibility index (Phi) is 6.01. The highest BCUT2D eigenvalue weighted by atomic mass is 16.5. The van der Waals surface area contributed by atoms with Crippen molar-refractivity contribution in [2.45, 2.75) is 25.4 Å². The maximum absolute atomic E-state index is 11.7. The summed E-state index contributed by atoms with van der Waals surface area (Å²) < 4.78 is 5.46. The lowest BCUT2D eigenvalue weighted by Crippen LogP contribution is -2.46. The highest BCUT2D eigenvalue weighted by Gasteiger charge is 2.18. The maximum atomic E-state index is 11.7. The molecule has 1 saturated heterocycles. The first-order valence-electron chi connectivity index (χ1n) is 5.93. The minimum absolute atomic E-state index is 0.0141. The molecule has 1 atom stereocenters. The van der Waals surface area contributed by atoms with E-state index < -0.39 is 18.5 Å². The lowest BCUT2D eigenvalue weighted by Gasteiger charge is -2.24. The smallest absolute Gasteiger partial charge is 0.323 e. The van der Waals surface area contributed by atoms with Crippen LogP contribution in [-0.2, 0) is 9.53 Å². The molecule has 0 spiro atoms. The van der Waals surface area contributed by atoms with Gasteiger partial charge in [0.05, 0.1) is 12.6 Å². The van der Waals surface area contributed by atoms with Gasteiger partial charge in [-0.1, -0.05) is 5.92 Å². The van der Waals surface area contributed by atoms with Crippen molar-refractivity contribution >= 4 is 12.0 Å². The molecule has 2 N–H and O–H groups in total. The minimum atomic E-state index is -1.09. The highest BCUT2D eigenvalue weighted by molar-refractivity contribution is 5.80. The van der Waals surface area contributed by atoms with Crippen LogP contribution < -0.4 is 5.32 Å². The molecule has 1 aliphatic rings. The van der Waals surface area contributed by atoms with Crippen molar-refractivity contribution in [3.8, 4) is 12.3 Å². The molecule has 0 radical (unpaired) electrons. The number of carboxylic acid groups (broad SMARTS) is 1. The van der Waals surface area contributed by atoms with E-state index >= 15 is 0 Å². The molecule has 1 fully saturated rings. The number of nitrogens with one attached hydrogen (secondary N) is 1. The van der Waals surface area contributed by atoms with Crippen molar-refractivity contribution in [3.05, 3.63) is 0 Å². The Balaban J connectivity index is 2.35. The third kappa shape index (κ3) is 5.06. The van der Waals surface area contributed by atoms with Crippen LogP contribution in [-0.4, -0.2) is 54.4 Å². The van der Waals surface area contributed by atoms with Gasteiger partial charge in [0.1, 0.15) is 6.54 Å². The second-order valence-electron chi connectivity index (χ2n) is 4.13. The average molecular weight is 254 g/mol. The predicted octanol–water partition coefficient (Wildman–Crippen LogP) is 0.285. The predicted molar refractivity (Wildman–Crippen MR) is 65.0 cm³/mol. The summed E-state index contributed by atoms with van der Waals surface area (Å²) in [6.45, 7) is 0.675. The Hall–Kier alpha value is -1.74. The summed E-state index contributed by atoms with van der Waals surface area (Å²) in [6.07, 6.45) is 8.15. The Morgan fingerprint density at radius 2 is 2.28 bits per heavy atom. The Labute approximate surface area is 106 Å². The fourth-order valence-electron chi connectivity index (χ4n) is 1.75. The zero-order valence-electron chi connectivity index (χ0n) is 10.2. The molecule has 0 saturated carbocycles. The molecule has 1 aliphatic heterocycles. The summed E-state index contributed by atoms with van der Waals surface area (Å²) in [5, 5.41) is 11.3. The third-order valence-corrected chi connectivity index (χ3v) is 2.65. The van der Waals surface area contributed by atoms with E-state index in [-0.39, 0.29) is 12.6 Å². The Bertz CT molecular complexity index is 331. The molecule has 1 heterocycles. The van der Waals surface area contributed by atoms with Crippen LogP contribution in [0, 0.1) is 12.3 Å². The SMILES string of the molecule is C#CCN(CC(=O)O)C(=O)NCC1CCCCO1. The van der Waals surface area contributed by atoms with Gasteiger partial charge in [0.25, 0.3) is 0 Å². The van der Waals surface area contributed by atoms with Gasteiger partial charge in [-0.05, 0) is 19.3 Å². The van der Waals surface area contributed by atoms with Crippen LogP contribution in [0.3, 0.4) is 0 Å². The summed E-state index contributed by atoms with van der Waals surface area (Å²) in [4.78, 5) is 23.4. The molecular formula is C12H18N2O4. The summed E-state index contributed by atoms with van der Waals surface area (Å²) >= 11 is 0. The van der Waals surface area contributed by atoms with Gasteiger partial charge in [-0.3, -0.25) is 4.79 Å². The van der Waals surface area contributed by atoms with Crippen LogP contribution in [0.5, 0.6) is 0 Å². The van der Waals surface area contributed by atoms with Crippen LogP contribution in [0.4, 0.5) is 4.79 Å². The van der Waals surface area contributed by atoms with Gasteiger partial charge >= 0.3 is 12.0 Å². The van der Waals surface area contributed by atoms with Crippen LogP contribution in [0.1, 0.15) is 19.3 Å². The van der Waals surface area contributed by atoms with E-state index in [4.69, 9.17) is 16.3 Å². The number of rotatable bonds is 5. The zero-order valence-corrected chi connectivity index (χ0v) is 10.2. The number of nitrogens with zero attached hydrogens (tertiary/aromatic N) is 1. The van der Waals surface area contributed by atoms with Crippen molar-refractivity contribution < 1.29 is 19.4 Å². The first-order valence-corrected chi connectivity index (χ1v) is 5.93. The van der Waals surface area contributed by atoms with Crippen molar-refractivity contribution in [3.63, 3.8) is 0 Å². The molecule has 18 heavy (non-hydrogen) atoms. The van der Waals surface area contributed by atoms with Gasteiger partial charge in [-0.25, -0.2) is 4.79 Å². The molecule has 0 aliphatic carbocycles. The minimum Gasteiger partial charge on any atom is -0.480 e. The number of urea groups is 1. The molecule has 6 heteroatoms. The molecular weight excluding hydrogens is 236 g/mol. The molecule has 0 aromatic rings. The van der Waals surface area contributed by atoms with E-state index in [0.29, 0.717) is 13.2 Å². The van der Waals surface area contributed by atoms with E-state index in [1.807, 2.05) is 0 Å². The molecule has 1 rings (SSSR count).